The lowest BCUT2D eigenvalue weighted by Gasteiger charge is -2.04. The van der Waals surface area contributed by atoms with E-state index < -0.39 is 0 Å². The summed E-state index contributed by atoms with van der Waals surface area (Å²) >= 11 is 9.34. The van der Waals surface area contributed by atoms with E-state index in [1.54, 1.807) is 0 Å². The van der Waals surface area contributed by atoms with E-state index in [4.69, 9.17) is 0 Å². The highest BCUT2D eigenvalue weighted by molar-refractivity contribution is 14.1. The van der Waals surface area contributed by atoms with Gasteiger partial charge >= 0.3 is 0 Å². The summed E-state index contributed by atoms with van der Waals surface area (Å²) in [5.74, 6) is 0. The molecule has 1 rings (SSSR count). The normalized spacial score (nSPS) is 10.2. The molecule has 0 aliphatic carbocycles. The Morgan fingerprint density at radius 2 is 2.08 bits per heavy atom. The molecular weight excluding hydrogens is 395 g/mol. The van der Waals surface area contributed by atoms with E-state index in [0.717, 1.165) is 11.8 Å². The smallest absolute Gasteiger partial charge is 0.0311 e. The molecule has 1 aromatic carbocycles. The van der Waals surface area contributed by atoms with E-state index in [-0.39, 0.29) is 0 Å². The molecule has 0 N–H and O–H groups in total. The van der Waals surface area contributed by atoms with Gasteiger partial charge in [0.1, 0.15) is 0 Å². The largest absolute Gasteiger partial charge is 0.0928 e. The molecule has 0 saturated carbocycles. The van der Waals surface area contributed by atoms with Gasteiger partial charge in [0.15, 0.2) is 0 Å². The number of rotatable bonds is 3. The van der Waals surface area contributed by atoms with Crippen LogP contribution in [0.25, 0.3) is 0 Å². The van der Waals surface area contributed by atoms with Gasteiger partial charge in [0.2, 0.25) is 0 Å². The van der Waals surface area contributed by atoms with E-state index in [9.17, 15) is 0 Å². The van der Waals surface area contributed by atoms with Crippen molar-refractivity contribution in [3.8, 4) is 0 Å². The lowest BCUT2D eigenvalue weighted by Crippen LogP contribution is -1.90. The van der Waals surface area contributed by atoms with Crippen LogP contribution in [0.15, 0.2) is 22.7 Å². The second-order valence-corrected chi connectivity index (χ2v) is 5.23. The van der Waals surface area contributed by atoms with Crippen LogP contribution < -0.4 is 0 Å². The Labute approximate surface area is 104 Å². The molecule has 0 spiro atoms. The highest BCUT2D eigenvalue weighted by Crippen LogP contribution is 2.23. The molecule has 0 saturated heterocycles. The molecule has 0 heterocycles. The molecule has 0 atom stereocenters. The number of aryl methyl sites for hydroxylation is 1. The Morgan fingerprint density at radius 3 is 2.75 bits per heavy atom. The zero-order valence-electron chi connectivity index (χ0n) is 6.49. The minimum Gasteiger partial charge on any atom is -0.0928 e. The molecule has 0 aliphatic heterocycles. The van der Waals surface area contributed by atoms with Crippen LogP contribution in [-0.2, 0) is 6.42 Å². The summed E-state index contributed by atoms with van der Waals surface area (Å²) < 4.78 is 2.55. The van der Waals surface area contributed by atoms with Crippen LogP contribution in [0.5, 0.6) is 0 Å². The number of hydrogen-bond acceptors (Lipinski definition) is 0. The minimum absolute atomic E-state index is 1.08. The van der Waals surface area contributed by atoms with Crippen LogP contribution in [0.3, 0.4) is 0 Å². The minimum atomic E-state index is 1.08. The van der Waals surface area contributed by atoms with Crippen molar-refractivity contribution in [1.82, 2.24) is 0 Å². The van der Waals surface area contributed by atoms with E-state index in [2.05, 4.69) is 72.6 Å². The quantitative estimate of drug-likeness (QED) is 0.519. The molecule has 12 heavy (non-hydrogen) atoms. The summed E-state index contributed by atoms with van der Waals surface area (Å²) in [6, 6.07) is 6.37. The fraction of sp³-hybridized carbons (Fsp3) is 0.333. The highest BCUT2D eigenvalue weighted by atomic mass is 127. The van der Waals surface area contributed by atoms with Crippen molar-refractivity contribution in [3.05, 3.63) is 31.8 Å². The van der Waals surface area contributed by atoms with E-state index in [1.807, 2.05) is 0 Å². The highest BCUT2D eigenvalue weighted by Gasteiger charge is 2.01. The van der Waals surface area contributed by atoms with Crippen LogP contribution in [0.2, 0.25) is 0 Å². The fourth-order valence-corrected chi connectivity index (χ4v) is 2.32. The predicted octanol–water partition coefficient (Wildman–Crippen LogP) is 4.38. The van der Waals surface area contributed by atoms with Gasteiger partial charge in [-0.2, -0.15) is 0 Å². The van der Waals surface area contributed by atoms with Crippen molar-refractivity contribution in [1.29, 1.82) is 0 Å². The molecule has 66 valence electrons. The molecule has 0 fully saturated rings. The first-order valence-corrected chi connectivity index (χ1v) is 6.74. The van der Waals surface area contributed by atoms with Crippen LogP contribution in [0, 0.1) is 3.57 Å². The van der Waals surface area contributed by atoms with Gasteiger partial charge in [-0.05, 0) is 63.0 Å². The Hall–Kier alpha value is 0.910. The molecular formula is C9H9Br2I. The van der Waals surface area contributed by atoms with E-state index in [0.29, 0.717) is 0 Å². The number of halogens is 3. The first kappa shape index (κ1) is 11.0. The van der Waals surface area contributed by atoms with Crippen molar-refractivity contribution < 1.29 is 0 Å². The molecule has 0 aliphatic rings. The van der Waals surface area contributed by atoms with Gasteiger partial charge in [0, 0.05) is 13.4 Å². The van der Waals surface area contributed by atoms with E-state index in [1.165, 1.54) is 20.0 Å². The number of hydrogen-bond donors (Lipinski definition) is 0. The first-order chi connectivity index (χ1) is 5.75. The van der Waals surface area contributed by atoms with Crippen molar-refractivity contribution in [3.63, 3.8) is 0 Å². The third-order valence-corrected chi connectivity index (χ3v) is 4.85. The predicted molar refractivity (Wildman–Crippen MR) is 69.0 cm³/mol. The van der Waals surface area contributed by atoms with Crippen molar-refractivity contribution in [2.24, 2.45) is 0 Å². The number of alkyl halides is 1. The molecule has 0 bridgehead atoms. The van der Waals surface area contributed by atoms with Crippen molar-refractivity contribution in [2.45, 2.75) is 12.8 Å². The van der Waals surface area contributed by atoms with Gasteiger partial charge in [0.25, 0.3) is 0 Å². The van der Waals surface area contributed by atoms with Gasteiger partial charge in [-0.25, -0.2) is 0 Å². The second-order valence-electron chi connectivity index (χ2n) is 2.51. The van der Waals surface area contributed by atoms with Crippen LogP contribution >= 0.6 is 54.5 Å². The SMILES string of the molecule is BrCCCc1cccc(Br)c1I. The molecule has 0 amide bonds. The van der Waals surface area contributed by atoms with Crippen molar-refractivity contribution in [2.75, 3.05) is 5.33 Å². The summed E-state index contributed by atoms with van der Waals surface area (Å²) in [6.07, 6.45) is 2.36. The van der Waals surface area contributed by atoms with Crippen LogP contribution in [-0.4, -0.2) is 5.33 Å². The third-order valence-electron chi connectivity index (χ3n) is 1.61. The third kappa shape index (κ3) is 3.00. The molecule has 0 nitrogen and oxygen atoms in total. The van der Waals surface area contributed by atoms with Gasteiger partial charge in [-0.15, -0.1) is 0 Å². The molecule has 3 heteroatoms. The van der Waals surface area contributed by atoms with Gasteiger partial charge < -0.3 is 0 Å². The van der Waals surface area contributed by atoms with Gasteiger partial charge in [-0.1, -0.05) is 28.1 Å². The van der Waals surface area contributed by atoms with Gasteiger partial charge in [-0.3, -0.25) is 0 Å². The van der Waals surface area contributed by atoms with Crippen LogP contribution in [0.4, 0.5) is 0 Å². The maximum Gasteiger partial charge on any atom is 0.0311 e. The molecule has 0 aromatic heterocycles. The summed E-state index contributed by atoms with van der Waals surface area (Å²) in [4.78, 5) is 0. The topological polar surface area (TPSA) is 0 Å². The van der Waals surface area contributed by atoms with Crippen LogP contribution in [0.1, 0.15) is 12.0 Å². The number of benzene rings is 1. The summed E-state index contributed by atoms with van der Waals surface area (Å²) in [7, 11) is 0. The summed E-state index contributed by atoms with van der Waals surface area (Å²) in [5, 5.41) is 1.08. The van der Waals surface area contributed by atoms with Crippen molar-refractivity contribution >= 4 is 54.5 Å². The standard InChI is InChI=1S/C9H9Br2I/c10-6-2-4-7-3-1-5-8(11)9(7)12/h1,3,5H,2,4,6H2. The summed E-state index contributed by atoms with van der Waals surface area (Å²) in [5.41, 5.74) is 1.43. The fourth-order valence-electron chi connectivity index (χ4n) is 0.999. The maximum atomic E-state index is 3.52. The average molecular weight is 404 g/mol. The average Bonchev–Trinajstić information content (AvgIpc) is 2.08. The molecule has 0 unspecified atom stereocenters. The van der Waals surface area contributed by atoms with E-state index >= 15 is 0 Å². The Morgan fingerprint density at radius 1 is 1.33 bits per heavy atom. The Balaban J connectivity index is 2.78. The Kier molecular flexibility index (Phi) is 5.13. The Bertz CT molecular complexity index is 261. The maximum absolute atomic E-state index is 3.52. The van der Waals surface area contributed by atoms with Gasteiger partial charge in [0.05, 0.1) is 0 Å². The summed E-state index contributed by atoms with van der Waals surface area (Å²) in [6.45, 7) is 0. The zero-order chi connectivity index (χ0) is 8.97. The second kappa shape index (κ2) is 5.60. The molecule has 1 aromatic rings. The first-order valence-electron chi connectivity index (χ1n) is 3.74. The zero-order valence-corrected chi connectivity index (χ0v) is 11.8. The monoisotopic (exact) mass is 402 g/mol. The lowest BCUT2D eigenvalue weighted by molar-refractivity contribution is 0.932. The lowest BCUT2D eigenvalue weighted by atomic mass is 10.1. The molecule has 0 radical (unpaired) electrons.